The molecule has 1 N–H and O–H groups in total. The van der Waals surface area contributed by atoms with E-state index in [9.17, 15) is 8.42 Å². The Kier molecular flexibility index (Phi) is 6.12. The first kappa shape index (κ1) is 15.5. The lowest BCUT2D eigenvalue weighted by Crippen LogP contribution is -2.27. The summed E-state index contributed by atoms with van der Waals surface area (Å²) in [7, 11) is -2.95. The zero-order chi connectivity index (χ0) is 13.6. The van der Waals surface area contributed by atoms with E-state index < -0.39 is 9.84 Å². The molecular formula is C13H20ClNO2S. The SMILES string of the molecule is CC(C)S(=O)(=O)CCNCc1cccc(CCl)c1. The number of sulfone groups is 1. The fraction of sp³-hybridized carbons (Fsp3) is 0.538. The van der Waals surface area contributed by atoms with Gasteiger partial charge >= 0.3 is 0 Å². The summed E-state index contributed by atoms with van der Waals surface area (Å²) in [5.41, 5.74) is 2.20. The standard InChI is InChI=1S/C13H20ClNO2S/c1-11(2)18(16,17)7-6-15-10-13-5-3-4-12(8-13)9-14/h3-5,8,11,15H,6-7,9-10H2,1-2H3. The first-order valence-electron chi connectivity index (χ1n) is 6.02. The van der Waals surface area contributed by atoms with Crippen molar-refractivity contribution >= 4 is 21.4 Å². The molecule has 102 valence electrons. The third-order valence-corrected chi connectivity index (χ3v) is 5.27. The number of alkyl halides is 1. The lowest BCUT2D eigenvalue weighted by Gasteiger charge is -2.09. The second kappa shape index (κ2) is 7.12. The van der Waals surface area contributed by atoms with Gasteiger partial charge in [-0.15, -0.1) is 11.6 Å². The Hall–Kier alpha value is -0.580. The number of halogens is 1. The molecule has 1 rings (SSSR count). The molecule has 0 aromatic heterocycles. The van der Waals surface area contributed by atoms with Crippen molar-refractivity contribution in [3.8, 4) is 0 Å². The Bertz CT molecular complexity index is 472. The highest BCUT2D eigenvalue weighted by molar-refractivity contribution is 7.92. The van der Waals surface area contributed by atoms with Gasteiger partial charge < -0.3 is 5.32 Å². The highest BCUT2D eigenvalue weighted by atomic mass is 35.5. The van der Waals surface area contributed by atoms with E-state index in [1.165, 1.54) is 0 Å². The number of rotatable bonds is 7. The van der Waals surface area contributed by atoms with Gasteiger partial charge in [-0.1, -0.05) is 24.3 Å². The molecule has 0 spiro atoms. The summed E-state index contributed by atoms with van der Waals surface area (Å²) in [5, 5.41) is 2.84. The van der Waals surface area contributed by atoms with Crippen LogP contribution in [0, 0.1) is 0 Å². The molecule has 0 radical (unpaired) electrons. The van der Waals surface area contributed by atoms with Gasteiger partial charge in [0.05, 0.1) is 11.0 Å². The maximum Gasteiger partial charge on any atom is 0.153 e. The smallest absolute Gasteiger partial charge is 0.153 e. The summed E-state index contributed by atoms with van der Waals surface area (Å²) in [6.07, 6.45) is 0. The van der Waals surface area contributed by atoms with Crippen molar-refractivity contribution in [2.75, 3.05) is 12.3 Å². The topological polar surface area (TPSA) is 46.2 Å². The van der Waals surface area contributed by atoms with E-state index in [2.05, 4.69) is 5.32 Å². The zero-order valence-corrected chi connectivity index (χ0v) is 12.4. The molecule has 5 heteroatoms. The van der Waals surface area contributed by atoms with Crippen molar-refractivity contribution in [3.63, 3.8) is 0 Å². The normalized spacial score (nSPS) is 12.0. The second-order valence-electron chi connectivity index (χ2n) is 4.55. The fourth-order valence-corrected chi connectivity index (χ4v) is 2.57. The van der Waals surface area contributed by atoms with Crippen LogP contribution in [0.25, 0.3) is 0 Å². The molecule has 0 aliphatic heterocycles. The first-order valence-corrected chi connectivity index (χ1v) is 8.27. The molecule has 0 aliphatic carbocycles. The van der Waals surface area contributed by atoms with Gasteiger partial charge in [0.15, 0.2) is 9.84 Å². The molecule has 0 fully saturated rings. The van der Waals surface area contributed by atoms with E-state index in [-0.39, 0.29) is 11.0 Å². The van der Waals surface area contributed by atoms with Gasteiger partial charge in [0, 0.05) is 19.0 Å². The summed E-state index contributed by atoms with van der Waals surface area (Å²) in [5.74, 6) is 0.676. The Morgan fingerprint density at radius 1 is 1.28 bits per heavy atom. The maximum atomic E-state index is 11.6. The van der Waals surface area contributed by atoms with Crippen molar-refractivity contribution in [3.05, 3.63) is 35.4 Å². The first-order chi connectivity index (χ1) is 8.45. The van der Waals surface area contributed by atoms with Gasteiger partial charge in [-0.3, -0.25) is 0 Å². The molecule has 1 aromatic carbocycles. The van der Waals surface area contributed by atoms with E-state index in [1.807, 2.05) is 24.3 Å². The summed E-state index contributed by atoms with van der Waals surface area (Å²) >= 11 is 5.76. The molecule has 3 nitrogen and oxygen atoms in total. The van der Waals surface area contributed by atoms with Crippen LogP contribution in [-0.2, 0) is 22.3 Å². The molecule has 18 heavy (non-hydrogen) atoms. The summed E-state index contributed by atoms with van der Waals surface area (Å²) in [6, 6.07) is 7.95. The number of hydrogen-bond donors (Lipinski definition) is 1. The Morgan fingerprint density at radius 2 is 1.94 bits per heavy atom. The second-order valence-corrected chi connectivity index (χ2v) is 7.49. The lowest BCUT2D eigenvalue weighted by molar-refractivity contribution is 0.582. The van der Waals surface area contributed by atoms with Gasteiger partial charge in [-0.2, -0.15) is 0 Å². The van der Waals surface area contributed by atoms with Gasteiger partial charge in [0.1, 0.15) is 0 Å². The molecule has 0 unspecified atom stereocenters. The van der Waals surface area contributed by atoms with E-state index in [0.29, 0.717) is 19.0 Å². The fourth-order valence-electron chi connectivity index (χ4n) is 1.51. The van der Waals surface area contributed by atoms with Crippen LogP contribution in [0.2, 0.25) is 0 Å². The highest BCUT2D eigenvalue weighted by Gasteiger charge is 2.14. The molecule has 0 heterocycles. The number of hydrogen-bond acceptors (Lipinski definition) is 3. The summed E-state index contributed by atoms with van der Waals surface area (Å²) in [6.45, 7) is 4.56. The van der Waals surface area contributed by atoms with Crippen LogP contribution in [0.4, 0.5) is 0 Å². The van der Waals surface area contributed by atoms with Gasteiger partial charge in [0.2, 0.25) is 0 Å². The van der Waals surface area contributed by atoms with Crippen LogP contribution in [0.1, 0.15) is 25.0 Å². The predicted octanol–water partition coefficient (Wildman–Crippen LogP) is 2.34. The van der Waals surface area contributed by atoms with Gasteiger partial charge in [0.25, 0.3) is 0 Å². The van der Waals surface area contributed by atoms with Crippen molar-refractivity contribution in [1.29, 1.82) is 0 Å². The molecular weight excluding hydrogens is 270 g/mol. The number of benzene rings is 1. The molecule has 0 saturated heterocycles. The van der Waals surface area contributed by atoms with E-state index in [0.717, 1.165) is 11.1 Å². The predicted molar refractivity (Wildman–Crippen MR) is 76.6 cm³/mol. The third kappa shape index (κ3) is 4.96. The number of nitrogens with one attached hydrogen (secondary N) is 1. The summed E-state index contributed by atoms with van der Waals surface area (Å²) in [4.78, 5) is 0. The van der Waals surface area contributed by atoms with Gasteiger partial charge in [-0.25, -0.2) is 8.42 Å². The highest BCUT2D eigenvalue weighted by Crippen LogP contribution is 2.07. The van der Waals surface area contributed by atoms with E-state index >= 15 is 0 Å². The summed E-state index contributed by atoms with van der Waals surface area (Å²) < 4.78 is 23.2. The monoisotopic (exact) mass is 289 g/mol. The average Bonchev–Trinajstić information content (AvgIpc) is 2.35. The van der Waals surface area contributed by atoms with Crippen LogP contribution in [-0.4, -0.2) is 26.0 Å². The van der Waals surface area contributed by atoms with Gasteiger partial charge in [-0.05, 0) is 25.0 Å². The molecule has 0 aliphatic rings. The van der Waals surface area contributed by atoms with E-state index in [4.69, 9.17) is 11.6 Å². The molecule has 0 bridgehead atoms. The van der Waals surface area contributed by atoms with Crippen LogP contribution < -0.4 is 5.32 Å². The quantitative estimate of drug-likeness (QED) is 0.619. The minimum absolute atomic E-state index is 0.180. The van der Waals surface area contributed by atoms with Crippen molar-refractivity contribution < 1.29 is 8.42 Å². The van der Waals surface area contributed by atoms with Crippen LogP contribution >= 0.6 is 11.6 Å². The Labute approximate surface area is 114 Å². The van der Waals surface area contributed by atoms with E-state index in [1.54, 1.807) is 13.8 Å². The molecule has 0 atom stereocenters. The lowest BCUT2D eigenvalue weighted by atomic mass is 10.1. The Balaban J connectivity index is 2.38. The molecule has 0 saturated carbocycles. The maximum absolute atomic E-state index is 11.6. The van der Waals surface area contributed by atoms with Crippen LogP contribution in [0.15, 0.2) is 24.3 Å². The van der Waals surface area contributed by atoms with Crippen molar-refractivity contribution in [2.24, 2.45) is 0 Å². The van der Waals surface area contributed by atoms with Crippen LogP contribution in [0.5, 0.6) is 0 Å². The zero-order valence-electron chi connectivity index (χ0n) is 10.8. The van der Waals surface area contributed by atoms with Crippen molar-refractivity contribution in [1.82, 2.24) is 5.32 Å². The van der Waals surface area contributed by atoms with Crippen LogP contribution in [0.3, 0.4) is 0 Å². The van der Waals surface area contributed by atoms with Crippen molar-refractivity contribution in [2.45, 2.75) is 31.5 Å². The minimum atomic E-state index is -2.95. The minimum Gasteiger partial charge on any atom is -0.312 e. The average molecular weight is 290 g/mol. The molecule has 0 amide bonds. The Morgan fingerprint density at radius 3 is 2.56 bits per heavy atom. The molecule has 1 aromatic rings. The third-order valence-electron chi connectivity index (χ3n) is 2.76. The largest absolute Gasteiger partial charge is 0.312 e.